The molecule has 130 valence electrons. The number of carbonyl (C=O) groups excluding carboxylic acids is 2. The zero-order chi connectivity index (χ0) is 17.1. The maximum Gasteiger partial charge on any atom is 0.251 e. The van der Waals surface area contributed by atoms with E-state index in [2.05, 4.69) is 17.3 Å². The van der Waals surface area contributed by atoms with Gasteiger partial charge in [-0.15, -0.1) is 0 Å². The molecule has 2 amide bonds. The highest BCUT2D eigenvalue weighted by atomic mass is 19.1. The minimum Gasteiger partial charge on any atom is -0.343 e. The summed E-state index contributed by atoms with van der Waals surface area (Å²) in [4.78, 5) is 28.9. The van der Waals surface area contributed by atoms with Gasteiger partial charge in [0.05, 0.1) is 6.54 Å². The summed E-state index contributed by atoms with van der Waals surface area (Å²) in [7, 11) is 2.12. The molecule has 2 aliphatic heterocycles. The molecule has 2 heterocycles. The molecule has 0 saturated carbocycles. The van der Waals surface area contributed by atoms with Crippen LogP contribution in [0.1, 0.15) is 29.6 Å². The van der Waals surface area contributed by atoms with Gasteiger partial charge < -0.3 is 15.1 Å². The fourth-order valence-electron chi connectivity index (χ4n) is 3.88. The van der Waals surface area contributed by atoms with Crippen molar-refractivity contribution in [2.24, 2.45) is 5.92 Å². The zero-order valence-corrected chi connectivity index (χ0v) is 14.0. The Balaban J connectivity index is 1.57. The molecule has 2 saturated heterocycles. The van der Waals surface area contributed by atoms with E-state index in [1.807, 2.05) is 4.90 Å². The lowest BCUT2D eigenvalue weighted by molar-refractivity contribution is -0.137. The van der Waals surface area contributed by atoms with E-state index in [0.29, 0.717) is 5.92 Å². The van der Waals surface area contributed by atoms with Gasteiger partial charge in [-0.25, -0.2) is 4.39 Å². The summed E-state index contributed by atoms with van der Waals surface area (Å²) < 4.78 is 13.2. The van der Waals surface area contributed by atoms with Gasteiger partial charge in [0, 0.05) is 24.7 Å². The van der Waals surface area contributed by atoms with Gasteiger partial charge in [-0.2, -0.15) is 0 Å². The third-order valence-corrected chi connectivity index (χ3v) is 5.08. The largest absolute Gasteiger partial charge is 0.343 e. The van der Waals surface area contributed by atoms with E-state index < -0.39 is 11.7 Å². The molecule has 1 aromatic rings. The maximum absolute atomic E-state index is 13.2. The van der Waals surface area contributed by atoms with Gasteiger partial charge in [0.2, 0.25) is 5.91 Å². The highest BCUT2D eigenvalue weighted by Gasteiger charge is 2.37. The van der Waals surface area contributed by atoms with E-state index in [-0.39, 0.29) is 24.1 Å². The third-order valence-electron chi connectivity index (χ3n) is 5.08. The number of halogens is 1. The molecule has 0 aromatic heterocycles. The van der Waals surface area contributed by atoms with Crippen molar-refractivity contribution in [3.8, 4) is 0 Å². The molecule has 5 nitrogen and oxygen atoms in total. The van der Waals surface area contributed by atoms with Gasteiger partial charge in [-0.1, -0.05) is 6.07 Å². The summed E-state index contributed by atoms with van der Waals surface area (Å²) in [5.41, 5.74) is 0.235. The molecule has 2 atom stereocenters. The first-order valence-electron chi connectivity index (χ1n) is 8.56. The van der Waals surface area contributed by atoms with Gasteiger partial charge in [0.15, 0.2) is 0 Å². The van der Waals surface area contributed by atoms with Crippen molar-refractivity contribution in [3.63, 3.8) is 0 Å². The average molecular weight is 333 g/mol. The van der Waals surface area contributed by atoms with E-state index in [0.717, 1.165) is 38.9 Å². The van der Waals surface area contributed by atoms with E-state index in [1.165, 1.54) is 24.3 Å². The first kappa shape index (κ1) is 16.9. The molecule has 24 heavy (non-hydrogen) atoms. The second kappa shape index (κ2) is 7.30. The van der Waals surface area contributed by atoms with Crippen molar-refractivity contribution < 1.29 is 14.0 Å². The van der Waals surface area contributed by atoms with Crippen molar-refractivity contribution in [2.75, 3.05) is 33.2 Å². The Bertz CT molecular complexity index is 622. The first-order chi connectivity index (χ1) is 11.5. The number of carbonyl (C=O) groups is 2. The molecule has 2 fully saturated rings. The Morgan fingerprint density at radius 2 is 2.12 bits per heavy atom. The van der Waals surface area contributed by atoms with Crippen molar-refractivity contribution >= 4 is 11.8 Å². The number of amides is 2. The molecule has 0 unspecified atom stereocenters. The Labute approximate surface area is 141 Å². The van der Waals surface area contributed by atoms with Gasteiger partial charge in [-0.3, -0.25) is 9.59 Å². The molecule has 2 aliphatic rings. The number of hydrogen-bond acceptors (Lipinski definition) is 3. The second-order valence-electron chi connectivity index (χ2n) is 6.80. The minimum atomic E-state index is -0.459. The standard InChI is InChI=1S/C18H24FN3O2/c1-21-9-7-16-14(12-21)5-3-8-22(16)17(23)11-20-18(24)13-4-2-6-15(19)10-13/h2,4,6,10,14,16H,3,5,7-9,11-12H2,1H3,(H,20,24)/t14-,16+/m1/s1. The van der Waals surface area contributed by atoms with Crippen molar-refractivity contribution in [3.05, 3.63) is 35.6 Å². The minimum absolute atomic E-state index is 0.0333. The van der Waals surface area contributed by atoms with Crippen molar-refractivity contribution in [1.29, 1.82) is 0 Å². The van der Waals surface area contributed by atoms with E-state index in [1.54, 1.807) is 0 Å². The topological polar surface area (TPSA) is 52.6 Å². The molecule has 0 radical (unpaired) electrons. The third kappa shape index (κ3) is 3.75. The number of hydrogen-bond donors (Lipinski definition) is 1. The van der Waals surface area contributed by atoms with Gasteiger partial charge in [-0.05, 0) is 57.0 Å². The summed E-state index contributed by atoms with van der Waals surface area (Å²) in [5, 5.41) is 2.62. The molecule has 1 N–H and O–H groups in total. The van der Waals surface area contributed by atoms with Crippen molar-refractivity contribution in [1.82, 2.24) is 15.1 Å². The summed E-state index contributed by atoms with van der Waals surface area (Å²) in [5.74, 6) is -0.390. The predicted octanol–water partition coefficient (Wildman–Crippen LogP) is 1.50. The maximum atomic E-state index is 13.2. The summed E-state index contributed by atoms with van der Waals surface area (Å²) in [6.45, 7) is 2.76. The van der Waals surface area contributed by atoms with Crippen LogP contribution in [-0.2, 0) is 4.79 Å². The number of rotatable bonds is 3. The molecule has 0 bridgehead atoms. The quantitative estimate of drug-likeness (QED) is 0.912. The lowest BCUT2D eigenvalue weighted by atomic mass is 9.84. The number of likely N-dealkylation sites (tertiary alicyclic amines) is 2. The van der Waals surface area contributed by atoms with Crippen LogP contribution in [0.15, 0.2) is 24.3 Å². The Morgan fingerprint density at radius 3 is 2.92 bits per heavy atom. The summed E-state index contributed by atoms with van der Waals surface area (Å²) in [6.07, 6.45) is 3.16. The van der Waals surface area contributed by atoms with Crippen LogP contribution >= 0.6 is 0 Å². The molecular formula is C18H24FN3O2. The number of fused-ring (bicyclic) bond motifs is 1. The van der Waals surface area contributed by atoms with Crippen molar-refractivity contribution in [2.45, 2.75) is 25.3 Å². The Kier molecular flexibility index (Phi) is 5.14. The molecule has 1 aromatic carbocycles. The van der Waals surface area contributed by atoms with Crippen LogP contribution in [0.3, 0.4) is 0 Å². The van der Waals surface area contributed by atoms with Crippen LogP contribution in [0.25, 0.3) is 0 Å². The number of nitrogens with one attached hydrogen (secondary N) is 1. The molecule has 3 rings (SSSR count). The van der Waals surface area contributed by atoms with Crippen LogP contribution in [0.2, 0.25) is 0 Å². The highest BCUT2D eigenvalue weighted by Crippen LogP contribution is 2.30. The Morgan fingerprint density at radius 1 is 1.29 bits per heavy atom. The number of piperidine rings is 2. The lowest BCUT2D eigenvalue weighted by Gasteiger charge is -2.46. The average Bonchev–Trinajstić information content (AvgIpc) is 2.58. The van der Waals surface area contributed by atoms with Gasteiger partial charge in [0.25, 0.3) is 5.91 Å². The van der Waals surface area contributed by atoms with Gasteiger partial charge >= 0.3 is 0 Å². The first-order valence-corrected chi connectivity index (χ1v) is 8.56. The lowest BCUT2D eigenvalue weighted by Crippen LogP contribution is -2.56. The molecule has 6 heteroatoms. The van der Waals surface area contributed by atoms with Crippen LogP contribution in [-0.4, -0.2) is 60.9 Å². The van der Waals surface area contributed by atoms with E-state index in [9.17, 15) is 14.0 Å². The number of benzene rings is 1. The summed E-state index contributed by atoms with van der Waals surface area (Å²) in [6, 6.07) is 5.77. The molecule has 0 aliphatic carbocycles. The second-order valence-corrected chi connectivity index (χ2v) is 6.80. The van der Waals surface area contributed by atoms with Crippen LogP contribution in [0, 0.1) is 11.7 Å². The zero-order valence-electron chi connectivity index (χ0n) is 14.0. The van der Waals surface area contributed by atoms with Gasteiger partial charge in [0.1, 0.15) is 5.82 Å². The van der Waals surface area contributed by atoms with E-state index in [4.69, 9.17) is 0 Å². The number of nitrogens with zero attached hydrogens (tertiary/aromatic N) is 2. The SMILES string of the molecule is CN1CC[C@H]2[C@H](CCCN2C(=O)CNC(=O)c2cccc(F)c2)C1. The fraction of sp³-hybridized carbons (Fsp3) is 0.556. The monoisotopic (exact) mass is 333 g/mol. The fourth-order valence-corrected chi connectivity index (χ4v) is 3.88. The predicted molar refractivity (Wildman–Crippen MR) is 89.1 cm³/mol. The van der Waals surface area contributed by atoms with Crippen LogP contribution < -0.4 is 5.32 Å². The molecular weight excluding hydrogens is 309 g/mol. The normalized spacial score (nSPS) is 24.3. The van der Waals surface area contributed by atoms with Crippen LogP contribution in [0.5, 0.6) is 0 Å². The highest BCUT2D eigenvalue weighted by molar-refractivity contribution is 5.96. The van der Waals surface area contributed by atoms with Crippen LogP contribution in [0.4, 0.5) is 4.39 Å². The summed E-state index contributed by atoms with van der Waals surface area (Å²) >= 11 is 0. The Hall–Kier alpha value is -1.95. The van der Waals surface area contributed by atoms with E-state index >= 15 is 0 Å². The molecule has 0 spiro atoms. The smallest absolute Gasteiger partial charge is 0.251 e.